The number of para-hydroxylation sites is 1. The molecule has 0 aromatic heterocycles. The Labute approximate surface area is 149 Å². The summed E-state index contributed by atoms with van der Waals surface area (Å²) in [5.41, 5.74) is 3.55. The lowest BCUT2D eigenvalue weighted by Crippen LogP contribution is -2.24. The van der Waals surface area contributed by atoms with Gasteiger partial charge in [0, 0.05) is 17.1 Å². The first-order valence-electron chi connectivity index (χ1n) is 8.32. The van der Waals surface area contributed by atoms with Gasteiger partial charge in [-0.25, -0.2) is 0 Å². The predicted molar refractivity (Wildman–Crippen MR) is 108 cm³/mol. The fraction of sp³-hybridized carbons (Fsp3) is 0.286. The van der Waals surface area contributed by atoms with Gasteiger partial charge in [-0.2, -0.15) is 0 Å². The number of nitrogens with one attached hydrogen (secondary N) is 1. The smallest absolute Gasteiger partial charge is 0.0930 e. The van der Waals surface area contributed by atoms with E-state index in [0.717, 1.165) is 22.2 Å². The highest BCUT2D eigenvalue weighted by atomic mass is 32.2. The Kier molecular flexibility index (Phi) is 5.10. The Hall–Kier alpha value is -2.00. The Balaban J connectivity index is 1.90. The van der Waals surface area contributed by atoms with Crippen LogP contribution in [0.2, 0.25) is 0 Å². The highest BCUT2D eigenvalue weighted by Crippen LogP contribution is 2.32. The van der Waals surface area contributed by atoms with Crippen LogP contribution < -0.4 is 5.32 Å². The molecule has 0 saturated carbocycles. The summed E-state index contributed by atoms with van der Waals surface area (Å²) < 4.78 is 0. The van der Waals surface area contributed by atoms with E-state index in [9.17, 15) is 0 Å². The summed E-state index contributed by atoms with van der Waals surface area (Å²) in [7, 11) is 0. The average Bonchev–Trinajstić information content (AvgIpc) is 3.05. The Morgan fingerprint density at radius 3 is 2.25 bits per heavy atom. The molecular formula is C21H24N2S. The first kappa shape index (κ1) is 16.8. The molecule has 1 aliphatic heterocycles. The zero-order valence-electron chi connectivity index (χ0n) is 14.5. The standard InChI is InChI=1S/C21H24N2S/c1-21(2,3)19-15-24-20(23-19)14-18(16-10-6-4-7-11-16)22-17-12-8-5-9-13-17/h4-14,19,22H,15H2,1-3H3. The molecule has 1 heterocycles. The maximum atomic E-state index is 4.93. The van der Waals surface area contributed by atoms with Crippen molar-refractivity contribution in [3.63, 3.8) is 0 Å². The number of rotatable bonds is 4. The number of anilines is 1. The van der Waals surface area contributed by atoms with Crippen LogP contribution in [0.1, 0.15) is 26.3 Å². The molecule has 0 spiro atoms. The summed E-state index contributed by atoms with van der Waals surface area (Å²) >= 11 is 1.84. The van der Waals surface area contributed by atoms with Crippen LogP contribution in [0.3, 0.4) is 0 Å². The molecule has 0 radical (unpaired) electrons. The van der Waals surface area contributed by atoms with Crippen LogP contribution in [0, 0.1) is 5.41 Å². The van der Waals surface area contributed by atoms with Gasteiger partial charge in [-0.3, -0.25) is 4.99 Å². The molecule has 24 heavy (non-hydrogen) atoms. The first-order chi connectivity index (χ1) is 11.5. The van der Waals surface area contributed by atoms with E-state index in [-0.39, 0.29) is 5.41 Å². The van der Waals surface area contributed by atoms with Crippen molar-refractivity contribution in [3.05, 3.63) is 72.3 Å². The molecule has 0 amide bonds. The highest BCUT2D eigenvalue weighted by Gasteiger charge is 2.28. The van der Waals surface area contributed by atoms with Gasteiger partial charge in [0.25, 0.3) is 0 Å². The molecule has 2 nitrogen and oxygen atoms in total. The maximum Gasteiger partial charge on any atom is 0.0930 e. The Bertz CT molecular complexity index is 727. The zero-order valence-corrected chi connectivity index (χ0v) is 15.3. The third-order valence-corrected chi connectivity index (χ3v) is 5.08. The molecule has 0 aliphatic carbocycles. The zero-order chi connectivity index (χ0) is 17.0. The van der Waals surface area contributed by atoms with Crippen LogP contribution in [0.25, 0.3) is 5.70 Å². The lowest BCUT2D eigenvalue weighted by molar-refractivity contribution is 0.349. The largest absolute Gasteiger partial charge is 0.355 e. The van der Waals surface area contributed by atoms with E-state index < -0.39 is 0 Å². The van der Waals surface area contributed by atoms with E-state index in [1.54, 1.807) is 0 Å². The third kappa shape index (κ3) is 4.30. The van der Waals surface area contributed by atoms with E-state index in [4.69, 9.17) is 4.99 Å². The molecule has 3 heteroatoms. The lowest BCUT2D eigenvalue weighted by Gasteiger charge is -2.23. The van der Waals surface area contributed by atoms with E-state index in [1.807, 2.05) is 36.0 Å². The predicted octanol–water partition coefficient (Wildman–Crippen LogP) is 5.70. The van der Waals surface area contributed by atoms with E-state index in [2.05, 4.69) is 68.6 Å². The molecule has 0 saturated heterocycles. The van der Waals surface area contributed by atoms with Crippen molar-refractivity contribution >= 4 is 28.2 Å². The maximum absolute atomic E-state index is 4.93. The van der Waals surface area contributed by atoms with Crippen molar-refractivity contribution in [1.29, 1.82) is 0 Å². The fourth-order valence-corrected chi connectivity index (χ4v) is 3.83. The van der Waals surface area contributed by atoms with E-state index >= 15 is 0 Å². The molecule has 0 fully saturated rings. The van der Waals surface area contributed by atoms with Crippen LogP contribution in [-0.4, -0.2) is 16.8 Å². The number of thioether (sulfide) groups is 1. The molecule has 1 unspecified atom stereocenters. The molecule has 2 aromatic carbocycles. The quantitative estimate of drug-likeness (QED) is 0.774. The normalized spacial score (nSPS) is 18.4. The fourth-order valence-electron chi connectivity index (χ4n) is 2.52. The minimum atomic E-state index is 0.211. The van der Waals surface area contributed by atoms with Crippen LogP contribution in [0.15, 0.2) is 71.7 Å². The summed E-state index contributed by atoms with van der Waals surface area (Å²) in [6.45, 7) is 6.78. The molecule has 1 N–H and O–H groups in total. The molecule has 124 valence electrons. The third-order valence-electron chi connectivity index (χ3n) is 4.08. The number of nitrogens with zero attached hydrogens (tertiary/aromatic N) is 1. The van der Waals surface area contributed by atoms with Crippen LogP contribution in [0.4, 0.5) is 5.69 Å². The Morgan fingerprint density at radius 2 is 1.67 bits per heavy atom. The van der Waals surface area contributed by atoms with Gasteiger partial charge in [0.1, 0.15) is 0 Å². The van der Waals surface area contributed by atoms with Crippen molar-refractivity contribution in [1.82, 2.24) is 0 Å². The van der Waals surface area contributed by atoms with Gasteiger partial charge in [-0.05, 0) is 29.2 Å². The second kappa shape index (κ2) is 7.27. The SMILES string of the molecule is CC(C)(C)C1CSC(C=C(Nc2ccccc2)c2ccccc2)=N1. The molecular weight excluding hydrogens is 312 g/mol. The number of hydrogen-bond acceptors (Lipinski definition) is 3. The molecule has 1 atom stereocenters. The first-order valence-corrected chi connectivity index (χ1v) is 9.31. The summed E-state index contributed by atoms with van der Waals surface area (Å²) in [6, 6.07) is 21.1. The van der Waals surface area contributed by atoms with Crippen molar-refractivity contribution < 1.29 is 0 Å². The highest BCUT2D eigenvalue weighted by molar-refractivity contribution is 8.14. The van der Waals surface area contributed by atoms with Gasteiger partial charge in [0.05, 0.1) is 11.1 Å². The minimum absolute atomic E-state index is 0.211. The van der Waals surface area contributed by atoms with Crippen LogP contribution >= 0.6 is 11.8 Å². The van der Waals surface area contributed by atoms with Crippen LogP contribution in [-0.2, 0) is 0 Å². The van der Waals surface area contributed by atoms with Gasteiger partial charge < -0.3 is 5.32 Å². The minimum Gasteiger partial charge on any atom is -0.355 e. The van der Waals surface area contributed by atoms with Gasteiger partial charge in [0.15, 0.2) is 0 Å². The number of hydrogen-bond donors (Lipinski definition) is 1. The van der Waals surface area contributed by atoms with Gasteiger partial charge in [-0.15, -0.1) is 11.8 Å². The van der Waals surface area contributed by atoms with E-state index in [1.165, 1.54) is 5.56 Å². The molecule has 1 aliphatic rings. The van der Waals surface area contributed by atoms with Crippen molar-refractivity contribution in [3.8, 4) is 0 Å². The van der Waals surface area contributed by atoms with Crippen molar-refractivity contribution in [2.24, 2.45) is 10.4 Å². The van der Waals surface area contributed by atoms with Crippen LogP contribution in [0.5, 0.6) is 0 Å². The number of benzene rings is 2. The molecule has 0 bridgehead atoms. The van der Waals surface area contributed by atoms with Crippen molar-refractivity contribution in [2.75, 3.05) is 11.1 Å². The lowest BCUT2D eigenvalue weighted by atomic mass is 9.88. The molecule has 3 rings (SSSR count). The van der Waals surface area contributed by atoms with Gasteiger partial charge >= 0.3 is 0 Å². The molecule has 2 aromatic rings. The summed E-state index contributed by atoms with van der Waals surface area (Å²) in [5, 5.41) is 4.65. The topological polar surface area (TPSA) is 24.4 Å². The summed E-state index contributed by atoms with van der Waals surface area (Å²) in [6.07, 6.45) is 2.18. The second-order valence-electron chi connectivity index (χ2n) is 7.08. The second-order valence-corrected chi connectivity index (χ2v) is 8.12. The monoisotopic (exact) mass is 336 g/mol. The van der Waals surface area contributed by atoms with Gasteiger partial charge in [0.2, 0.25) is 0 Å². The summed E-state index contributed by atoms with van der Waals surface area (Å²) in [4.78, 5) is 4.93. The Morgan fingerprint density at radius 1 is 1.04 bits per heavy atom. The van der Waals surface area contributed by atoms with Gasteiger partial charge in [-0.1, -0.05) is 69.3 Å². The van der Waals surface area contributed by atoms with E-state index in [0.29, 0.717) is 6.04 Å². The van der Waals surface area contributed by atoms with Crippen molar-refractivity contribution in [2.45, 2.75) is 26.8 Å². The number of aliphatic imine (C=N–C) groups is 1. The average molecular weight is 337 g/mol. The summed E-state index contributed by atoms with van der Waals surface area (Å²) in [5.74, 6) is 1.06.